The maximum atomic E-state index is 6.19. The predicted octanol–water partition coefficient (Wildman–Crippen LogP) is 3.71. The van der Waals surface area contributed by atoms with Crippen molar-refractivity contribution in [3.05, 3.63) is 77.2 Å². The van der Waals surface area contributed by atoms with Gasteiger partial charge in [0, 0.05) is 42.1 Å². The number of aliphatic imine (C=N–C) groups is 1. The first-order valence-corrected chi connectivity index (χ1v) is 10.3. The number of rotatable bonds is 7. The molecule has 0 atom stereocenters. The quantitative estimate of drug-likeness (QED) is 0.462. The lowest BCUT2D eigenvalue weighted by molar-refractivity contribution is 0.646. The second-order valence-corrected chi connectivity index (χ2v) is 7.75. The van der Waals surface area contributed by atoms with Gasteiger partial charge in [0.05, 0.1) is 6.54 Å². The van der Waals surface area contributed by atoms with E-state index in [9.17, 15) is 0 Å². The first kappa shape index (κ1) is 19.5. The van der Waals surface area contributed by atoms with E-state index >= 15 is 0 Å². The van der Waals surface area contributed by atoms with Crippen molar-refractivity contribution in [2.24, 2.45) is 4.99 Å². The zero-order valence-corrected chi connectivity index (χ0v) is 17.2. The third kappa shape index (κ3) is 4.77. The van der Waals surface area contributed by atoms with Gasteiger partial charge in [0.2, 0.25) is 0 Å². The van der Waals surface area contributed by atoms with Gasteiger partial charge < -0.3 is 10.6 Å². The highest BCUT2D eigenvalue weighted by Crippen LogP contribution is 2.48. The van der Waals surface area contributed by atoms with Crippen molar-refractivity contribution in [2.45, 2.75) is 31.7 Å². The zero-order chi connectivity index (χ0) is 20.1. The SMILES string of the molecule is CCNC(=NCc1ccnc(-n2cccn2)c1)NCC1(c2cccc(Cl)c2)CC1. The summed E-state index contributed by atoms with van der Waals surface area (Å²) in [6, 6.07) is 14.1. The van der Waals surface area contributed by atoms with E-state index in [2.05, 4.69) is 39.8 Å². The van der Waals surface area contributed by atoms with Crippen LogP contribution in [0.3, 0.4) is 0 Å². The fraction of sp³-hybridized carbons (Fsp3) is 0.318. The Hall–Kier alpha value is -2.86. The highest BCUT2D eigenvalue weighted by molar-refractivity contribution is 6.30. The molecular weight excluding hydrogens is 384 g/mol. The van der Waals surface area contributed by atoms with Crippen molar-refractivity contribution in [3.63, 3.8) is 0 Å². The van der Waals surface area contributed by atoms with Gasteiger partial charge in [-0.2, -0.15) is 5.10 Å². The van der Waals surface area contributed by atoms with E-state index in [0.717, 1.165) is 48.3 Å². The van der Waals surface area contributed by atoms with E-state index in [1.165, 1.54) is 5.56 Å². The van der Waals surface area contributed by atoms with Crippen LogP contribution < -0.4 is 10.6 Å². The summed E-state index contributed by atoms with van der Waals surface area (Å²) in [6.07, 6.45) is 7.74. The number of benzene rings is 1. The molecule has 7 heteroatoms. The second-order valence-electron chi connectivity index (χ2n) is 7.31. The summed E-state index contributed by atoms with van der Waals surface area (Å²) in [7, 11) is 0. The van der Waals surface area contributed by atoms with Crippen LogP contribution in [0.2, 0.25) is 5.02 Å². The van der Waals surface area contributed by atoms with Crippen LogP contribution in [0.5, 0.6) is 0 Å². The minimum atomic E-state index is 0.158. The molecule has 0 unspecified atom stereocenters. The predicted molar refractivity (Wildman–Crippen MR) is 117 cm³/mol. The molecule has 2 heterocycles. The van der Waals surface area contributed by atoms with Crippen molar-refractivity contribution in [1.29, 1.82) is 0 Å². The molecule has 2 aromatic heterocycles. The number of hydrogen-bond acceptors (Lipinski definition) is 3. The monoisotopic (exact) mass is 408 g/mol. The van der Waals surface area contributed by atoms with E-state index in [1.54, 1.807) is 17.1 Å². The fourth-order valence-corrected chi connectivity index (χ4v) is 3.58. The second kappa shape index (κ2) is 8.66. The Balaban J connectivity index is 1.43. The molecule has 0 amide bonds. The molecule has 1 fully saturated rings. The topological polar surface area (TPSA) is 67.1 Å². The molecule has 1 aromatic carbocycles. The van der Waals surface area contributed by atoms with E-state index < -0.39 is 0 Å². The number of hydrogen-bond donors (Lipinski definition) is 2. The number of guanidine groups is 1. The molecule has 0 bridgehead atoms. The highest BCUT2D eigenvalue weighted by Gasteiger charge is 2.44. The van der Waals surface area contributed by atoms with Gasteiger partial charge in [0.15, 0.2) is 11.8 Å². The Bertz CT molecular complexity index is 978. The maximum Gasteiger partial charge on any atom is 0.191 e. The number of pyridine rings is 1. The van der Waals surface area contributed by atoms with Crippen molar-refractivity contribution in [1.82, 2.24) is 25.4 Å². The first-order valence-electron chi connectivity index (χ1n) is 9.92. The number of nitrogens with one attached hydrogen (secondary N) is 2. The van der Waals surface area contributed by atoms with Crippen molar-refractivity contribution in [3.8, 4) is 5.82 Å². The number of aromatic nitrogens is 3. The highest BCUT2D eigenvalue weighted by atomic mass is 35.5. The summed E-state index contributed by atoms with van der Waals surface area (Å²) in [6.45, 7) is 4.29. The molecule has 0 spiro atoms. The molecule has 1 aliphatic rings. The lowest BCUT2D eigenvalue weighted by atomic mass is 9.96. The van der Waals surface area contributed by atoms with Crippen LogP contribution in [0.25, 0.3) is 5.82 Å². The van der Waals surface area contributed by atoms with Gasteiger partial charge in [-0.25, -0.2) is 14.7 Å². The molecule has 150 valence electrons. The normalized spacial score (nSPS) is 15.2. The molecule has 29 heavy (non-hydrogen) atoms. The summed E-state index contributed by atoms with van der Waals surface area (Å²) in [5.41, 5.74) is 2.54. The van der Waals surface area contributed by atoms with Crippen LogP contribution in [0.4, 0.5) is 0 Å². The Morgan fingerprint density at radius 1 is 1.17 bits per heavy atom. The minimum Gasteiger partial charge on any atom is -0.357 e. The standard InChI is InChI=1S/C22H25ClN6/c1-2-24-21(27-16-22(8-9-22)18-5-3-6-19(23)14-18)26-15-17-7-11-25-20(13-17)29-12-4-10-28-29/h3-7,10-14H,2,8-9,15-16H2,1H3,(H2,24,26,27). The van der Waals surface area contributed by atoms with Gasteiger partial charge in [0.1, 0.15) is 0 Å². The third-order valence-electron chi connectivity index (χ3n) is 5.20. The molecule has 0 aliphatic heterocycles. The van der Waals surface area contributed by atoms with Crippen LogP contribution in [0.15, 0.2) is 66.0 Å². The van der Waals surface area contributed by atoms with E-state index in [4.69, 9.17) is 16.6 Å². The zero-order valence-electron chi connectivity index (χ0n) is 16.5. The Labute approximate surface area is 176 Å². The van der Waals surface area contributed by atoms with Crippen molar-refractivity contribution >= 4 is 17.6 Å². The summed E-state index contributed by atoms with van der Waals surface area (Å²) in [5.74, 6) is 1.61. The maximum absolute atomic E-state index is 6.19. The molecule has 0 radical (unpaired) electrons. The van der Waals surface area contributed by atoms with Crippen LogP contribution in [0.1, 0.15) is 30.9 Å². The summed E-state index contributed by atoms with van der Waals surface area (Å²) >= 11 is 6.19. The average Bonchev–Trinajstić information content (AvgIpc) is 3.33. The Kier molecular flexibility index (Phi) is 5.81. The van der Waals surface area contributed by atoms with Crippen LogP contribution in [-0.2, 0) is 12.0 Å². The summed E-state index contributed by atoms with van der Waals surface area (Å²) in [5, 5.41) is 11.9. The molecular formula is C22H25ClN6. The van der Waals surface area contributed by atoms with Crippen molar-refractivity contribution < 1.29 is 0 Å². The summed E-state index contributed by atoms with van der Waals surface area (Å²) < 4.78 is 1.75. The molecule has 1 saturated carbocycles. The molecule has 4 rings (SSSR count). The van der Waals surface area contributed by atoms with Crippen LogP contribution in [0, 0.1) is 0 Å². The van der Waals surface area contributed by atoms with Gasteiger partial charge in [-0.05, 0) is 61.2 Å². The first-order chi connectivity index (χ1) is 14.2. The van der Waals surface area contributed by atoms with E-state index in [-0.39, 0.29) is 5.41 Å². The Morgan fingerprint density at radius 3 is 2.79 bits per heavy atom. The van der Waals surface area contributed by atoms with Gasteiger partial charge in [-0.1, -0.05) is 23.7 Å². The lowest BCUT2D eigenvalue weighted by Crippen LogP contribution is -2.41. The van der Waals surface area contributed by atoms with Gasteiger partial charge >= 0.3 is 0 Å². The lowest BCUT2D eigenvalue weighted by Gasteiger charge is -2.19. The smallest absolute Gasteiger partial charge is 0.191 e. The molecule has 1 aliphatic carbocycles. The van der Waals surface area contributed by atoms with Gasteiger partial charge in [-0.15, -0.1) is 0 Å². The number of nitrogens with zero attached hydrogens (tertiary/aromatic N) is 4. The van der Waals surface area contributed by atoms with Gasteiger partial charge in [0.25, 0.3) is 0 Å². The van der Waals surface area contributed by atoms with Gasteiger partial charge in [-0.3, -0.25) is 0 Å². The summed E-state index contributed by atoms with van der Waals surface area (Å²) in [4.78, 5) is 9.13. The van der Waals surface area contributed by atoms with Crippen LogP contribution in [-0.4, -0.2) is 33.8 Å². The minimum absolute atomic E-state index is 0.158. The molecule has 2 N–H and O–H groups in total. The molecule has 0 saturated heterocycles. The Morgan fingerprint density at radius 2 is 2.07 bits per heavy atom. The number of halogens is 1. The molecule has 3 aromatic rings. The third-order valence-corrected chi connectivity index (χ3v) is 5.43. The largest absolute Gasteiger partial charge is 0.357 e. The van der Waals surface area contributed by atoms with Crippen molar-refractivity contribution in [2.75, 3.05) is 13.1 Å². The fourth-order valence-electron chi connectivity index (χ4n) is 3.39. The molecule has 6 nitrogen and oxygen atoms in total. The van der Waals surface area contributed by atoms with E-state index in [0.29, 0.717) is 6.54 Å². The van der Waals surface area contributed by atoms with Crippen LogP contribution >= 0.6 is 11.6 Å². The van der Waals surface area contributed by atoms with E-state index in [1.807, 2.05) is 36.5 Å². The average molecular weight is 409 g/mol.